The predicted molar refractivity (Wildman–Crippen MR) is 124 cm³/mol. The van der Waals surface area contributed by atoms with Crippen LogP contribution < -0.4 is 10.2 Å². The maximum absolute atomic E-state index is 12.6. The largest absolute Gasteiger partial charge is 0.444 e. The van der Waals surface area contributed by atoms with Crippen LogP contribution in [-0.4, -0.2) is 61.9 Å². The molecule has 0 radical (unpaired) electrons. The van der Waals surface area contributed by atoms with Crippen LogP contribution in [0.5, 0.6) is 0 Å². The Labute approximate surface area is 190 Å². The first-order valence-electron chi connectivity index (χ1n) is 11.2. The Morgan fingerprint density at radius 3 is 2.81 bits per heavy atom. The summed E-state index contributed by atoms with van der Waals surface area (Å²) < 4.78 is 6.61. The highest BCUT2D eigenvalue weighted by atomic mass is 32.1. The van der Waals surface area contributed by atoms with Gasteiger partial charge in [-0.3, -0.25) is 5.10 Å². The number of thiophene rings is 1. The Bertz CT molecular complexity index is 1180. The second kappa shape index (κ2) is 7.06. The number of piperazine rings is 1. The van der Waals surface area contributed by atoms with Crippen molar-refractivity contribution < 1.29 is 9.53 Å². The molecule has 3 fully saturated rings. The Hall–Kier alpha value is -2.88. The number of rotatable bonds is 4. The summed E-state index contributed by atoms with van der Waals surface area (Å²) in [7, 11) is 0. The normalized spacial score (nSPS) is 22.7. The Morgan fingerprint density at radius 1 is 1.25 bits per heavy atom. The molecule has 1 amide bonds. The second-order valence-corrected chi connectivity index (χ2v) is 10.9. The first-order valence-corrected chi connectivity index (χ1v) is 12.1. The summed E-state index contributed by atoms with van der Waals surface area (Å²) in [6.07, 6.45) is 3.14. The Balaban J connectivity index is 1.23. The van der Waals surface area contributed by atoms with Crippen LogP contribution in [0.2, 0.25) is 0 Å². The lowest BCUT2D eigenvalue weighted by Gasteiger charge is -2.35. The van der Waals surface area contributed by atoms with Crippen molar-refractivity contribution in [3.8, 4) is 0 Å². The topological polar surface area (TPSA) is 99.3 Å². The predicted octanol–water partition coefficient (Wildman–Crippen LogP) is 4.23. The quantitative estimate of drug-likeness (QED) is 0.610. The molecule has 0 unspecified atom stereocenters. The van der Waals surface area contributed by atoms with Gasteiger partial charge in [0.1, 0.15) is 5.60 Å². The lowest BCUT2D eigenvalue weighted by molar-refractivity contribution is 0.0214. The maximum atomic E-state index is 12.6. The zero-order valence-electron chi connectivity index (χ0n) is 18.5. The summed E-state index contributed by atoms with van der Waals surface area (Å²) in [5.74, 6) is 2.88. The molecule has 168 valence electrons. The smallest absolute Gasteiger partial charge is 0.410 e. The van der Waals surface area contributed by atoms with E-state index >= 15 is 0 Å². The van der Waals surface area contributed by atoms with Gasteiger partial charge in [-0.2, -0.15) is 10.1 Å². The molecule has 2 aliphatic heterocycles. The fourth-order valence-electron chi connectivity index (χ4n) is 4.65. The number of likely N-dealkylation sites (tertiary alicyclic amines) is 1. The number of fused-ring (bicyclic) bond motifs is 3. The molecule has 1 aliphatic carbocycles. The molecule has 2 atom stereocenters. The minimum Gasteiger partial charge on any atom is -0.444 e. The lowest BCUT2D eigenvalue weighted by Crippen LogP contribution is -2.50. The molecule has 9 nitrogen and oxygen atoms in total. The van der Waals surface area contributed by atoms with Crippen LogP contribution in [0.15, 0.2) is 17.5 Å². The highest BCUT2D eigenvalue weighted by molar-refractivity contribution is 7.17. The van der Waals surface area contributed by atoms with Crippen molar-refractivity contribution in [1.29, 1.82) is 0 Å². The number of carbonyl (C=O) groups is 1. The molecule has 2 N–H and O–H groups in total. The van der Waals surface area contributed by atoms with E-state index in [2.05, 4.69) is 26.5 Å². The van der Waals surface area contributed by atoms with Gasteiger partial charge >= 0.3 is 6.09 Å². The summed E-state index contributed by atoms with van der Waals surface area (Å²) in [5.41, 5.74) is 1.62. The second-order valence-electron chi connectivity index (χ2n) is 9.94. The van der Waals surface area contributed by atoms with E-state index in [1.165, 1.54) is 18.5 Å². The number of hydrogen-bond acceptors (Lipinski definition) is 8. The zero-order valence-corrected chi connectivity index (χ0v) is 19.3. The van der Waals surface area contributed by atoms with E-state index in [-0.39, 0.29) is 18.2 Å². The molecule has 5 heterocycles. The highest BCUT2D eigenvalue weighted by Gasteiger charge is 2.47. The van der Waals surface area contributed by atoms with E-state index in [4.69, 9.17) is 14.7 Å². The molecule has 2 bridgehead atoms. The van der Waals surface area contributed by atoms with Gasteiger partial charge in [0, 0.05) is 30.8 Å². The number of nitrogens with one attached hydrogen (secondary N) is 2. The number of hydrogen-bond donors (Lipinski definition) is 2. The van der Waals surface area contributed by atoms with Crippen molar-refractivity contribution in [2.75, 3.05) is 23.3 Å². The third-order valence-corrected chi connectivity index (χ3v) is 7.19. The van der Waals surface area contributed by atoms with Crippen molar-refractivity contribution in [1.82, 2.24) is 25.1 Å². The van der Waals surface area contributed by atoms with Gasteiger partial charge < -0.3 is 19.9 Å². The summed E-state index contributed by atoms with van der Waals surface area (Å²) >= 11 is 1.62. The first-order chi connectivity index (χ1) is 15.3. The summed E-state index contributed by atoms with van der Waals surface area (Å²) in [4.78, 5) is 26.4. The fraction of sp³-hybridized carbons (Fsp3) is 0.545. The van der Waals surface area contributed by atoms with Gasteiger partial charge in [-0.1, -0.05) is 0 Å². The van der Waals surface area contributed by atoms with Crippen LogP contribution in [0.4, 0.5) is 22.4 Å². The summed E-state index contributed by atoms with van der Waals surface area (Å²) in [6.45, 7) is 7.05. The van der Waals surface area contributed by atoms with Gasteiger partial charge in [0.05, 0.1) is 22.3 Å². The molecule has 6 rings (SSSR count). The van der Waals surface area contributed by atoms with Crippen molar-refractivity contribution in [2.45, 2.75) is 63.6 Å². The van der Waals surface area contributed by atoms with Crippen LogP contribution in [0, 0.1) is 0 Å². The molecule has 3 aromatic heterocycles. The van der Waals surface area contributed by atoms with E-state index in [0.717, 1.165) is 28.3 Å². The summed E-state index contributed by atoms with van der Waals surface area (Å²) in [5, 5.41) is 13.0. The lowest BCUT2D eigenvalue weighted by atomic mass is 10.2. The molecule has 2 saturated heterocycles. The molecular weight excluding hydrogens is 426 g/mol. The molecule has 32 heavy (non-hydrogen) atoms. The maximum Gasteiger partial charge on any atom is 0.410 e. The summed E-state index contributed by atoms with van der Waals surface area (Å²) in [6, 6.07) is 4.43. The number of aromatic amines is 1. The number of carbonyl (C=O) groups excluding carboxylic acids is 1. The SMILES string of the molecule is CC(C)(C)OC(=O)N1C[C@@H]2C[C@H]1CN2c1nc(Nc2cc(C3CC3)[nH]n2)c2sccc2n1. The van der Waals surface area contributed by atoms with E-state index in [9.17, 15) is 4.79 Å². The van der Waals surface area contributed by atoms with Crippen LogP contribution in [0.3, 0.4) is 0 Å². The number of aromatic nitrogens is 4. The molecule has 3 aromatic rings. The van der Waals surface area contributed by atoms with Gasteiger partial charge in [0.2, 0.25) is 5.95 Å². The molecule has 0 aromatic carbocycles. The number of amides is 1. The Kier molecular flexibility index (Phi) is 4.36. The van der Waals surface area contributed by atoms with Crippen molar-refractivity contribution in [3.63, 3.8) is 0 Å². The molecule has 10 heteroatoms. The van der Waals surface area contributed by atoms with E-state index in [1.54, 1.807) is 11.3 Å². The minimum atomic E-state index is -0.488. The zero-order chi connectivity index (χ0) is 22.0. The average Bonchev–Trinajstić information content (AvgIpc) is 3.14. The minimum absolute atomic E-state index is 0.125. The van der Waals surface area contributed by atoms with Gasteiger partial charge in [-0.05, 0) is 51.5 Å². The fourth-order valence-corrected chi connectivity index (χ4v) is 5.42. The van der Waals surface area contributed by atoms with E-state index < -0.39 is 5.60 Å². The van der Waals surface area contributed by atoms with Crippen LogP contribution in [-0.2, 0) is 4.74 Å². The van der Waals surface area contributed by atoms with Gasteiger partial charge in [-0.25, -0.2) is 9.78 Å². The van der Waals surface area contributed by atoms with Crippen LogP contribution in [0.1, 0.15) is 51.6 Å². The third kappa shape index (κ3) is 3.56. The molecule has 0 spiro atoms. The number of nitrogens with zero attached hydrogens (tertiary/aromatic N) is 5. The molecular formula is C22H27N7O2S. The highest BCUT2D eigenvalue weighted by Crippen LogP contribution is 2.40. The molecule has 1 saturated carbocycles. The van der Waals surface area contributed by atoms with Crippen molar-refractivity contribution in [3.05, 3.63) is 23.2 Å². The van der Waals surface area contributed by atoms with E-state index in [1.807, 2.05) is 37.1 Å². The Morgan fingerprint density at radius 2 is 2.09 bits per heavy atom. The average molecular weight is 454 g/mol. The number of H-pyrrole nitrogens is 1. The van der Waals surface area contributed by atoms with Crippen molar-refractivity contribution in [2.24, 2.45) is 0 Å². The third-order valence-electron chi connectivity index (χ3n) is 6.28. The van der Waals surface area contributed by atoms with Crippen molar-refractivity contribution >= 4 is 45.2 Å². The van der Waals surface area contributed by atoms with Crippen LogP contribution >= 0.6 is 11.3 Å². The van der Waals surface area contributed by atoms with Gasteiger partial charge in [-0.15, -0.1) is 11.3 Å². The molecule has 3 aliphatic rings. The first kappa shape index (κ1) is 19.8. The standard InChI is InChI=1S/C22H27N7O2S/c1-22(2,3)31-21(30)29-11-13-8-14(29)10-28(13)20-23-15-6-7-32-18(15)19(25-20)24-17-9-16(26-27-17)12-4-5-12/h6-7,9,12-14H,4-5,8,10-11H2,1-3H3,(H2,23,24,25,26,27)/t13-,14-/m0/s1. The monoisotopic (exact) mass is 453 g/mol. The van der Waals surface area contributed by atoms with Gasteiger partial charge in [0.25, 0.3) is 0 Å². The number of anilines is 3. The van der Waals surface area contributed by atoms with Gasteiger partial charge in [0.15, 0.2) is 11.6 Å². The number of ether oxygens (including phenoxy) is 1. The van der Waals surface area contributed by atoms with Crippen LogP contribution in [0.25, 0.3) is 10.2 Å². The van der Waals surface area contributed by atoms with E-state index in [0.29, 0.717) is 25.0 Å².